The summed E-state index contributed by atoms with van der Waals surface area (Å²) >= 11 is 0. The van der Waals surface area contributed by atoms with E-state index >= 15 is 0 Å². The zero-order valence-electron chi connectivity index (χ0n) is 29.9. The van der Waals surface area contributed by atoms with Crippen molar-refractivity contribution in [3.05, 3.63) is 73.8 Å². The smallest absolute Gasteiger partial charge is 0.247 e. The first-order chi connectivity index (χ1) is 24.0. The van der Waals surface area contributed by atoms with Gasteiger partial charge < -0.3 is 29.7 Å². The fraction of sp³-hybridized carbons (Fsp3) is 0.333. The Bertz CT molecular complexity index is 2070. The summed E-state index contributed by atoms with van der Waals surface area (Å²) in [5, 5.41) is 11.5. The third-order valence-electron chi connectivity index (χ3n) is 9.19. The number of likely N-dealkylation sites (tertiary alicyclic amines) is 1. The molecule has 4 heterocycles. The number of hydrogen-bond acceptors (Lipinski definition) is 8. The van der Waals surface area contributed by atoms with Gasteiger partial charge >= 0.3 is 0 Å². The number of fused-ring (bicyclic) bond motifs is 1. The van der Waals surface area contributed by atoms with E-state index in [-0.39, 0.29) is 5.91 Å². The third kappa shape index (κ3) is 6.06. The second kappa shape index (κ2) is 12.6. The number of benzene rings is 2. The molecule has 2 fully saturated rings. The standard InChI is InChI=1S/C36H41N9O2/c1-6-34(46)39-29-16-30(33(47-5)17-32(29)43(3)21-25-10-9-15-42(25)2)40-36-37-19-27(23-18-38-44(4)20-23)35(41-36)28-22-45(24-13-14-24)31-12-8-7-11-26(28)31/h6-8,11-12,16-20,22,24-25H,1,9-10,13-15,21H2,2-5H3,(H,39,46)(H,37,40,41)/i4D3. The third-order valence-corrected chi connectivity index (χ3v) is 9.19. The van der Waals surface area contributed by atoms with E-state index in [4.69, 9.17) is 13.8 Å². The lowest BCUT2D eigenvalue weighted by Crippen LogP contribution is -2.37. The van der Waals surface area contributed by atoms with Crippen LogP contribution in [0.2, 0.25) is 0 Å². The predicted molar refractivity (Wildman–Crippen MR) is 187 cm³/mol. The summed E-state index contributed by atoms with van der Waals surface area (Å²) in [6.45, 7) is 3.06. The van der Waals surface area contributed by atoms with Crippen LogP contribution in [0.15, 0.2) is 73.8 Å². The van der Waals surface area contributed by atoms with Crippen LogP contribution < -0.4 is 20.3 Å². The number of ether oxygens (including phenoxy) is 1. The molecule has 2 aliphatic rings. The quantitative estimate of drug-likeness (QED) is 0.165. The Hall–Kier alpha value is -5.16. The lowest BCUT2D eigenvalue weighted by molar-refractivity contribution is -0.111. The number of nitrogens with zero attached hydrogens (tertiary/aromatic N) is 7. The van der Waals surface area contributed by atoms with Crippen LogP contribution in [0.25, 0.3) is 33.3 Å². The molecule has 11 heteroatoms. The number of anilines is 4. The highest BCUT2D eigenvalue weighted by Crippen LogP contribution is 2.43. The first kappa shape index (κ1) is 27.0. The van der Waals surface area contributed by atoms with E-state index < -0.39 is 6.98 Å². The second-order valence-corrected chi connectivity index (χ2v) is 12.4. The lowest BCUT2D eigenvalue weighted by Gasteiger charge is -2.29. The van der Waals surface area contributed by atoms with Crippen molar-refractivity contribution in [1.29, 1.82) is 0 Å². The minimum atomic E-state index is -2.43. The molecule has 242 valence electrons. The van der Waals surface area contributed by atoms with Crippen LogP contribution in [0.4, 0.5) is 23.0 Å². The summed E-state index contributed by atoms with van der Waals surface area (Å²) in [5.74, 6) is 0.506. The Morgan fingerprint density at radius 1 is 1.17 bits per heavy atom. The van der Waals surface area contributed by atoms with Gasteiger partial charge in [0.25, 0.3) is 0 Å². The maximum Gasteiger partial charge on any atom is 0.247 e. The zero-order chi connectivity index (χ0) is 35.2. The molecule has 1 atom stereocenters. The van der Waals surface area contributed by atoms with Gasteiger partial charge in [0.05, 0.1) is 36.1 Å². The number of aryl methyl sites for hydroxylation is 1. The molecular weight excluding hydrogens is 590 g/mol. The molecule has 2 aromatic carbocycles. The Kier molecular flexibility index (Phi) is 7.22. The van der Waals surface area contributed by atoms with Gasteiger partial charge in [-0.2, -0.15) is 5.10 Å². The number of nitrogens with one attached hydrogen (secondary N) is 2. The highest BCUT2D eigenvalue weighted by Gasteiger charge is 2.28. The molecule has 5 aromatic rings. The van der Waals surface area contributed by atoms with E-state index in [1.54, 1.807) is 13.3 Å². The van der Waals surface area contributed by atoms with Crippen molar-refractivity contribution in [2.45, 2.75) is 37.8 Å². The van der Waals surface area contributed by atoms with Crippen molar-refractivity contribution in [1.82, 2.24) is 29.2 Å². The van der Waals surface area contributed by atoms with Crippen LogP contribution in [0.1, 0.15) is 35.8 Å². The van der Waals surface area contributed by atoms with Gasteiger partial charge in [0.2, 0.25) is 11.9 Å². The molecule has 1 saturated heterocycles. The Balaban J connectivity index is 1.32. The molecule has 3 aromatic heterocycles. The van der Waals surface area contributed by atoms with E-state index in [1.807, 2.05) is 31.3 Å². The maximum atomic E-state index is 12.6. The largest absolute Gasteiger partial charge is 0.494 e. The number of hydrogen-bond donors (Lipinski definition) is 2. The van der Waals surface area contributed by atoms with Crippen LogP contribution in [-0.4, -0.2) is 75.5 Å². The minimum absolute atomic E-state index is 0.295. The van der Waals surface area contributed by atoms with E-state index in [2.05, 4.69) is 67.0 Å². The van der Waals surface area contributed by atoms with E-state index in [0.717, 1.165) is 65.6 Å². The van der Waals surface area contributed by atoms with Crippen molar-refractivity contribution < 1.29 is 13.6 Å². The average Bonchev–Trinajstić information content (AvgIpc) is 3.47. The number of likely N-dealkylation sites (N-methyl/N-ethyl adjacent to an activating group) is 2. The molecule has 2 N–H and O–H groups in total. The van der Waals surface area contributed by atoms with Gasteiger partial charge in [-0.15, -0.1) is 0 Å². The van der Waals surface area contributed by atoms with Crippen LogP contribution in [0, 0.1) is 0 Å². The van der Waals surface area contributed by atoms with Gasteiger partial charge in [-0.1, -0.05) is 24.8 Å². The SMILES string of the molecule is [2H]C([2H])([2H])n1cc(-c2cnc(Nc3cc(NC(=O)C=C)c(N(C)CC4CCCN4C)cc3OC)nc2-c2cn(C3CC3)c3ccccc23)cn1. The molecule has 11 nitrogen and oxygen atoms in total. The van der Waals surface area contributed by atoms with Gasteiger partial charge in [-0.25, -0.2) is 9.97 Å². The van der Waals surface area contributed by atoms with Crippen LogP contribution in [-0.2, 0) is 11.8 Å². The first-order valence-electron chi connectivity index (χ1n) is 17.4. The van der Waals surface area contributed by atoms with Crippen LogP contribution in [0.5, 0.6) is 5.75 Å². The van der Waals surface area contributed by atoms with Gasteiger partial charge in [0.1, 0.15) is 5.75 Å². The van der Waals surface area contributed by atoms with E-state index in [1.165, 1.54) is 18.5 Å². The molecule has 1 saturated carbocycles. The summed E-state index contributed by atoms with van der Waals surface area (Å²) in [6.07, 6.45) is 12.6. The van der Waals surface area contributed by atoms with Crippen molar-refractivity contribution in [3.63, 3.8) is 0 Å². The fourth-order valence-electron chi connectivity index (χ4n) is 6.55. The fourth-order valence-corrected chi connectivity index (χ4v) is 6.55. The number of aromatic nitrogens is 5. The summed E-state index contributed by atoms with van der Waals surface area (Å²) < 4.78 is 32.7. The molecule has 1 aliphatic heterocycles. The molecule has 1 amide bonds. The second-order valence-electron chi connectivity index (χ2n) is 12.4. The molecule has 0 radical (unpaired) electrons. The zero-order valence-corrected chi connectivity index (χ0v) is 26.9. The van der Waals surface area contributed by atoms with Gasteiger partial charge in [-0.05, 0) is 57.5 Å². The van der Waals surface area contributed by atoms with E-state index in [9.17, 15) is 4.79 Å². The molecule has 0 spiro atoms. The normalized spacial score (nSPS) is 17.6. The molecule has 1 unspecified atom stereocenters. The minimum Gasteiger partial charge on any atom is -0.494 e. The van der Waals surface area contributed by atoms with Crippen LogP contribution in [0.3, 0.4) is 0 Å². The molecule has 0 bridgehead atoms. The van der Waals surface area contributed by atoms with Crippen molar-refractivity contribution in [3.8, 4) is 28.1 Å². The monoisotopic (exact) mass is 634 g/mol. The molecular formula is C36H41N9O2. The summed E-state index contributed by atoms with van der Waals surface area (Å²) in [4.78, 5) is 26.8. The van der Waals surface area contributed by atoms with Crippen molar-refractivity contribution in [2.75, 3.05) is 49.8 Å². The number of carbonyl (C=O) groups excluding carboxylic acids is 1. The van der Waals surface area contributed by atoms with Crippen LogP contribution >= 0.6 is 0 Å². The average molecular weight is 635 g/mol. The summed E-state index contributed by atoms with van der Waals surface area (Å²) in [7, 11) is 5.75. The number of para-hydroxylation sites is 1. The maximum absolute atomic E-state index is 12.6. The number of carbonyl (C=O) groups is 1. The Morgan fingerprint density at radius 3 is 2.74 bits per heavy atom. The Labute approximate surface area is 279 Å². The first-order valence-corrected chi connectivity index (χ1v) is 15.9. The molecule has 47 heavy (non-hydrogen) atoms. The highest BCUT2D eigenvalue weighted by molar-refractivity contribution is 6.02. The predicted octanol–water partition coefficient (Wildman–Crippen LogP) is 6.24. The topological polar surface area (TPSA) is 105 Å². The van der Waals surface area contributed by atoms with Crippen molar-refractivity contribution in [2.24, 2.45) is 6.98 Å². The number of rotatable bonds is 11. The van der Waals surface area contributed by atoms with Crippen molar-refractivity contribution >= 4 is 39.8 Å². The molecule has 1 aliphatic carbocycles. The Morgan fingerprint density at radius 2 is 2.02 bits per heavy atom. The van der Waals surface area contributed by atoms with Gasteiger partial charge in [-0.3, -0.25) is 9.48 Å². The van der Waals surface area contributed by atoms with Gasteiger partial charge in [0, 0.05) is 89.0 Å². The summed E-state index contributed by atoms with van der Waals surface area (Å²) in [6, 6.07) is 12.8. The highest BCUT2D eigenvalue weighted by atomic mass is 16.5. The number of methoxy groups -OCH3 is 1. The summed E-state index contributed by atoms with van der Waals surface area (Å²) in [5.41, 5.74) is 5.80. The molecule has 7 rings (SSSR count). The van der Waals surface area contributed by atoms with Gasteiger partial charge in [0.15, 0.2) is 0 Å². The van der Waals surface area contributed by atoms with E-state index in [0.29, 0.717) is 52.0 Å². The number of amides is 1. The lowest BCUT2D eigenvalue weighted by atomic mass is 10.0.